The van der Waals surface area contributed by atoms with Crippen LogP contribution in [-0.4, -0.2) is 25.8 Å². The van der Waals surface area contributed by atoms with Gasteiger partial charge in [0.2, 0.25) is 0 Å². The summed E-state index contributed by atoms with van der Waals surface area (Å²) in [5.74, 6) is -1.42. The predicted octanol–water partition coefficient (Wildman–Crippen LogP) is 2.10. The van der Waals surface area contributed by atoms with E-state index in [0.717, 1.165) is 23.5 Å². The SMILES string of the molecule is O=C(O)c1ccc(C(F)(F)F)n1Cc1nncs1. The highest BCUT2D eigenvalue weighted by Gasteiger charge is 2.36. The van der Waals surface area contributed by atoms with E-state index < -0.39 is 23.5 Å². The standard InChI is InChI=1S/C9H6F3N3O2S/c10-9(11,12)6-2-1-5(8(16)17)15(6)3-7-14-13-4-18-7/h1-2,4H,3H2,(H,16,17). The number of hydrogen-bond acceptors (Lipinski definition) is 4. The molecule has 0 saturated carbocycles. The third-order valence-corrected chi connectivity index (χ3v) is 2.87. The van der Waals surface area contributed by atoms with Gasteiger partial charge in [0.15, 0.2) is 0 Å². The lowest BCUT2D eigenvalue weighted by molar-refractivity contribution is -0.143. The summed E-state index contributed by atoms with van der Waals surface area (Å²) in [6, 6.07) is 1.66. The van der Waals surface area contributed by atoms with Crippen molar-refractivity contribution in [2.45, 2.75) is 12.7 Å². The fourth-order valence-corrected chi connectivity index (χ4v) is 1.99. The van der Waals surface area contributed by atoms with Crippen LogP contribution in [0.1, 0.15) is 21.2 Å². The van der Waals surface area contributed by atoms with E-state index in [2.05, 4.69) is 10.2 Å². The van der Waals surface area contributed by atoms with Gasteiger partial charge < -0.3 is 9.67 Å². The van der Waals surface area contributed by atoms with Crippen molar-refractivity contribution in [2.75, 3.05) is 0 Å². The summed E-state index contributed by atoms with van der Waals surface area (Å²) in [6.45, 7) is -0.270. The molecule has 5 nitrogen and oxygen atoms in total. The monoisotopic (exact) mass is 277 g/mol. The molecular formula is C9H6F3N3O2S. The Balaban J connectivity index is 2.47. The van der Waals surface area contributed by atoms with Gasteiger partial charge in [-0.25, -0.2) is 4.79 Å². The summed E-state index contributed by atoms with van der Waals surface area (Å²) < 4.78 is 38.8. The maximum absolute atomic E-state index is 12.7. The maximum Gasteiger partial charge on any atom is 0.431 e. The molecule has 0 fully saturated rings. The van der Waals surface area contributed by atoms with Gasteiger partial charge in [-0.3, -0.25) is 0 Å². The lowest BCUT2D eigenvalue weighted by Gasteiger charge is -2.12. The number of rotatable bonds is 3. The predicted molar refractivity (Wildman–Crippen MR) is 55.4 cm³/mol. The second kappa shape index (κ2) is 4.41. The molecule has 18 heavy (non-hydrogen) atoms. The van der Waals surface area contributed by atoms with Crippen molar-refractivity contribution >= 4 is 17.3 Å². The van der Waals surface area contributed by atoms with Gasteiger partial charge in [0.05, 0.1) is 6.54 Å². The third-order valence-electron chi connectivity index (χ3n) is 2.19. The third kappa shape index (κ3) is 2.35. The molecule has 0 amide bonds. The molecule has 0 aliphatic carbocycles. The molecule has 96 valence electrons. The topological polar surface area (TPSA) is 68.0 Å². The van der Waals surface area contributed by atoms with Crippen LogP contribution < -0.4 is 0 Å². The van der Waals surface area contributed by atoms with E-state index in [1.807, 2.05) is 0 Å². The van der Waals surface area contributed by atoms with E-state index >= 15 is 0 Å². The Morgan fingerprint density at radius 3 is 2.67 bits per heavy atom. The van der Waals surface area contributed by atoms with Gasteiger partial charge in [-0.05, 0) is 12.1 Å². The van der Waals surface area contributed by atoms with Crippen LogP contribution in [0.5, 0.6) is 0 Å². The van der Waals surface area contributed by atoms with Crippen LogP contribution in [0, 0.1) is 0 Å². The highest BCUT2D eigenvalue weighted by molar-refractivity contribution is 7.09. The Labute approximate surface area is 103 Å². The lowest BCUT2D eigenvalue weighted by atomic mass is 10.4. The first-order valence-electron chi connectivity index (χ1n) is 4.64. The fourth-order valence-electron chi connectivity index (χ4n) is 1.47. The van der Waals surface area contributed by atoms with Gasteiger partial charge >= 0.3 is 12.1 Å². The van der Waals surface area contributed by atoms with Gasteiger partial charge in [-0.1, -0.05) is 0 Å². The van der Waals surface area contributed by atoms with Crippen molar-refractivity contribution in [3.05, 3.63) is 34.0 Å². The molecule has 0 unspecified atom stereocenters. The number of aromatic nitrogens is 3. The van der Waals surface area contributed by atoms with Gasteiger partial charge in [-0.2, -0.15) is 13.2 Å². The Morgan fingerprint density at radius 1 is 1.44 bits per heavy atom. The molecule has 2 aromatic heterocycles. The molecular weight excluding hydrogens is 271 g/mol. The minimum Gasteiger partial charge on any atom is -0.477 e. The highest BCUT2D eigenvalue weighted by atomic mass is 32.1. The molecule has 0 aliphatic rings. The van der Waals surface area contributed by atoms with Crippen molar-refractivity contribution in [3.63, 3.8) is 0 Å². The first-order chi connectivity index (χ1) is 8.39. The fraction of sp³-hybridized carbons (Fsp3) is 0.222. The quantitative estimate of drug-likeness (QED) is 0.933. The van der Waals surface area contributed by atoms with E-state index in [-0.39, 0.29) is 6.54 Å². The first-order valence-corrected chi connectivity index (χ1v) is 5.52. The van der Waals surface area contributed by atoms with Gasteiger partial charge in [0.1, 0.15) is 21.9 Å². The Kier molecular flexibility index (Phi) is 3.07. The van der Waals surface area contributed by atoms with Crippen LogP contribution in [-0.2, 0) is 12.7 Å². The zero-order chi connectivity index (χ0) is 13.3. The van der Waals surface area contributed by atoms with Crippen LogP contribution >= 0.6 is 11.3 Å². The van der Waals surface area contributed by atoms with Crippen LogP contribution in [0.15, 0.2) is 17.6 Å². The number of nitrogens with zero attached hydrogens (tertiary/aromatic N) is 3. The second-order valence-electron chi connectivity index (χ2n) is 3.33. The lowest BCUT2D eigenvalue weighted by Crippen LogP contribution is -2.18. The minimum atomic E-state index is -4.61. The van der Waals surface area contributed by atoms with Crippen molar-refractivity contribution in [1.29, 1.82) is 0 Å². The van der Waals surface area contributed by atoms with Gasteiger partial charge in [-0.15, -0.1) is 21.5 Å². The Hall–Kier alpha value is -1.90. The summed E-state index contributed by atoms with van der Waals surface area (Å²) in [5, 5.41) is 16.3. The molecule has 9 heteroatoms. The maximum atomic E-state index is 12.7. The van der Waals surface area contributed by atoms with Crippen molar-refractivity contribution in [3.8, 4) is 0 Å². The molecule has 0 saturated heterocycles. The molecule has 0 spiro atoms. The van der Waals surface area contributed by atoms with E-state index in [9.17, 15) is 18.0 Å². The highest BCUT2D eigenvalue weighted by Crippen LogP contribution is 2.31. The van der Waals surface area contributed by atoms with E-state index in [4.69, 9.17) is 5.11 Å². The molecule has 0 radical (unpaired) electrons. The second-order valence-corrected chi connectivity index (χ2v) is 4.24. The van der Waals surface area contributed by atoms with Crippen LogP contribution in [0.25, 0.3) is 0 Å². The zero-order valence-corrected chi connectivity index (χ0v) is 9.49. The number of carboxylic acids is 1. The number of aromatic carboxylic acids is 1. The molecule has 2 aromatic rings. The Morgan fingerprint density at radius 2 is 2.17 bits per heavy atom. The summed E-state index contributed by atoms with van der Waals surface area (Å²) in [6.07, 6.45) is -4.61. The van der Waals surface area contributed by atoms with E-state index in [1.54, 1.807) is 0 Å². The van der Waals surface area contributed by atoms with Crippen LogP contribution in [0.4, 0.5) is 13.2 Å². The van der Waals surface area contributed by atoms with Gasteiger partial charge in [0.25, 0.3) is 0 Å². The smallest absolute Gasteiger partial charge is 0.431 e. The molecule has 2 rings (SSSR count). The van der Waals surface area contributed by atoms with Crippen molar-refractivity contribution in [1.82, 2.24) is 14.8 Å². The summed E-state index contributed by atoms with van der Waals surface area (Å²) in [4.78, 5) is 10.9. The first kappa shape index (κ1) is 12.6. The summed E-state index contributed by atoms with van der Waals surface area (Å²) >= 11 is 1.06. The van der Waals surface area contributed by atoms with E-state index in [0.29, 0.717) is 9.57 Å². The Bertz CT molecular complexity index is 562. The number of halogens is 3. The molecule has 0 aromatic carbocycles. The number of carboxylic acid groups (broad SMARTS) is 1. The average molecular weight is 277 g/mol. The molecule has 0 bridgehead atoms. The summed E-state index contributed by atoms with van der Waals surface area (Å²) in [5.41, 5.74) is -0.0837. The molecule has 2 heterocycles. The number of alkyl halides is 3. The summed E-state index contributed by atoms with van der Waals surface area (Å²) in [7, 11) is 0. The van der Waals surface area contributed by atoms with Crippen molar-refractivity contribution < 1.29 is 23.1 Å². The largest absolute Gasteiger partial charge is 0.477 e. The molecule has 0 atom stereocenters. The average Bonchev–Trinajstić information content (AvgIpc) is 2.85. The molecule has 0 aliphatic heterocycles. The van der Waals surface area contributed by atoms with Crippen LogP contribution in [0.3, 0.4) is 0 Å². The normalized spacial score (nSPS) is 11.7. The molecule has 1 N–H and O–H groups in total. The zero-order valence-electron chi connectivity index (χ0n) is 8.68. The number of carbonyl (C=O) groups is 1. The van der Waals surface area contributed by atoms with E-state index in [1.165, 1.54) is 5.51 Å². The van der Waals surface area contributed by atoms with Crippen molar-refractivity contribution in [2.24, 2.45) is 0 Å². The minimum absolute atomic E-state index is 0.270. The van der Waals surface area contributed by atoms with Gasteiger partial charge in [0, 0.05) is 0 Å². The number of hydrogen-bond donors (Lipinski definition) is 1. The van der Waals surface area contributed by atoms with Crippen LogP contribution in [0.2, 0.25) is 0 Å².